The molecule has 0 bridgehead atoms. The number of aryl methyl sites for hydroxylation is 1. The van der Waals surface area contributed by atoms with Gasteiger partial charge in [-0.05, 0) is 76.1 Å². The summed E-state index contributed by atoms with van der Waals surface area (Å²) in [6.07, 6.45) is 14.3. The van der Waals surface area contributed by atoms with Crippen molar-refractivity contribution < 1.29 is 0 Å². The van der Waals surface area contributed by atoms with Crippen molar-refractivity contribution in [2.45, 2.75) is 48.0 Å². The summed E-state index contributed by atoms with van der Waals surface area (Å²) in [6, 6.07) is 17.0. The molecule has 0 radical (unpaired) electrons. The summed E-state index contributed by atoms with van der Waals surface area (Å²) in [4.78, 5) is 6.32. The molecule has 0 saturated carbocycles. The Bertz CT molecular complexity index is 1530. The number of rotatable bonds is 10. The van der Waals surface area contributed by atoms with Gasteiger partial charge in [0.2, 0.25) is 0 Å². The SMILES string of the molecule is C=C(C)/C=C/C.C=C/C=C(C=C)/C(=C/C)N=C(c1ccc(C(=C)C)cc1)c1sc2ccccc2c1C.C=CCC(=C)C. The van der Waals surface area contributed by atoms with E-state index < -0.39 is 0 Å². The summed E-state index contributed by atoms with van der Waals surface area (Å²) < 4.78 is 1.27. The van der Waals surface area contributed by atoms with Crippen LogP contribution in [-0.2, 0) is 0 Å². The van der Waals surface area contributed by atoms with E-state index in [4.69, 9.17) is 4.99 Å². The lowest BCUT2D eigenvalue weighted by Crippen LogP contribution is -2.04. The second kappa shape index (κ2) is 19.0. The third-order valence-electron chi connectivity index (χ3n) is 5.97. The van der Waals surface area contributed by atoms with Gasteiger partial charge in [-0.1, -0.05) is 135 Å². The molecule has 0 aliphatic rings. The fourth-order valence-corrected chi connectivity index (χ4v) is 5.11. The van der Waals surface area contributed by atoms with Gasteiger partial charge in [0.1, 0.15) is 0 Å². The van der Waals surface area contributed by atoms with E-state index in [1.54, 1.807) is 17.4 Å². The number of thiophene rings is 1. The molecule has 0 amide bonds. The fourth-order valence-electron chi connectivity index (χ4n) is 3.89. The summed E-state index contributed by atoms with van der Waals surface area (Å²) in [7, 11) is 0. The summed E-state index contributed by atoms with van der Waals surface area (Å²) in [5, 5.41) is 1.27. The Morgan fingerprint density at radius 3 is 1.90 bits per heavy atom. The molecular weight excluding hydrogens is 527 g/mol. The van der Waals surface area contributed by atoms with Gasteiger partial charge >= 0.3 is 0 Å². The van der Waals surface area contributed by atoms with Crippen molar-refractivity contribution in [3.8, 4) is 0 Å². The Hall–Kier alpha value is -4.27. The van der Waals surface area contributed by atoms with Crippen molar-refractivity contribution in [3.05, 3.63) is 175 Å². The molecule has 0 saturated heterocycles. The first-order valence-electron chi connectivity index (χ1n) is 14.0. The van der Waals surface area contributed by atoms with Crippen LogP contribution in [0, 0.1) is 6.92 Å². The van der Waals surface area contributed by atoms with Crippen LogP contribution in [0.3, 0.4) is 0 Å². The van der Waals surface area contributed by atoms with Crippen molar-refractivity contribution in [3.63, 3.8) is 0 Å². The maximum Gasteiger partial charge on any atom is 0.0884 e. The topological polar surface area (TPSA) is 12.4 Å². The Kier molecular flexibility index (Phi) is 16.1. The number of fused-ring (bicyclic) bond motifs is 1. The van der Waals surface area contributed by atoms with Crippen LogP contribution >= 0.6 is 11.3 Å². The van der Waals surface area contributed by atoms with Crippen LogP contribution in [0.2, 0.25) is 0 Å². The largest absolute Gasteiger partial charge is 0.247 e. The van der Waals surface area contributed by atoms with Crippen LogP contribution in [0.25, 0.3) is 15.7 Å². The zero-order valence-electron chi connectivity index (χ0n) is 26.5. The van der Waals surface area contributed by atoms with E-state index in [0.29, 0.717) is 0 Å². The number of nitrogens with zero attached hydrogens (tertiary/aromatic N) is 1. The molecule has 0 aliphatic heterocycles. The van der Waals surface area contributed by atoms with Crippen LogP contribution in [0.15, 0.2) is 158 Å². The minimum atomic E-state index is 0.876. The quantitative estimate of drug-likeness (QED) is 0.130. The summed E-state index contributed by atoms with van der Waals surface area (Å²) in [5.74, 6) is 0. The summed E-state index contributed by atoms with van der Waals surface area (Å²) in [6.45, 7) is 34.8. The van der Waals surface area contributed by atoms with Crippen LogP contribution in [0.5, 0.6) is 0 Å². The van der Waals surface area contributed by atoms with E-state index in [1.165, 1.54) is 26.1 Å². The molecule has 3 rings (SSSR count). The van der Waals surface area contributed by atoms with Gasteiger partial charge in [-0.3, -0.25) is 0 Å². The van der Waals surface area contributed by atoms with Gasteiger partial charge < -0.3 is 0 Å². The summed E-state index contributed by atoms with van der Waals surface area (Å²) >= 11 is 1.78. The van der Waals surface area contributed by atoms with Crippen molar-refractivity contribution in [1.29, 1.82) is 0 Å². The Morgan fingerprint density at radius 1 is 0.881 bits per heavy atom. The molecule has 42 heavy (non-hydrogen) atoms. The van der Waals surface area contributed by atoms with Crippen molar-refractivity contribution in [2.75, 3.05) is 0 Å². The average Bonchev–Trinajstić information content (AvgIpc) is 3.29. The second-order valence-electron chi connectivity index (χ2n) is 9.90. The van der Waals surface area contributed by atoms with Crippen LogP contribution in [0.1, 0.15) is 62.6 Å². The highest BCUT2D eigenvalue weighted by Crippen LogP contribution is 2.33. The molecule has 1 aromatic heterocycles. The van der Waals surface area contributed by atoms with Gasteiger partial charge in [-0.15, -0.1) is 17.9 Å². The maximum absolute atomic E-state index is 5.13. The Labute approximate surface area is 259 Å². The van der Waals surface area contributed by atoms with Gasteiger partial charge in [0, 0.05) is 10.3 Å². The molecule has 0 N–H and O–H groups in total. The van der Waals surface area contributed by atoms with Crippen molar-refractivity contribution in [2.24, 2.45) is 4.99 Å². The molecule has 1 nitrogen and oxygen atoms in total. The van der Waals surface area contributed by atoms with E-state index in [9.17, 15) is 0 Å². The van der Waals surface area contributed by atoms with E-state index in [0.717, 1.165) is 45.7 Å². The molecule has 0 unspecified atom stereocenters. The van der Waals surface area contributed by atoms with Gasteiger partial charge in [0.15, 0.2) is 0 Å². The van der Waals surface area contributed by atoms with Gasteiger partial charge in [0.05, 0.1) is 16.3 Å². The zero-order chi connectivity index (χ0) is 31.7. The molecule has 1 heterocycles. The minimum Gasteiger partial charge on any atom is -0.247 e. The third-order valence-corrected chi connectivity index (χ3v) is 7.25. The molecule has 2 heteroatoms. The number of benzene rings is 2. The standard InChI is InChI=1S/C28H27NS.2C6H10/c1-7-12-21(8-2)25(9-3)29-27(23-17-15-22(16-18-23)19(4)5)28-20(6)24-13-10-11-14-26(24)30-28;2*1-4-5-6(2)3/h7-18H,1-2,4H2,3,5-6H3;4-5H,2H2,1,3H3;4H,1-2,5H2,3H3/b21-12+,25-9-,29-27?;5-4+;. The first-order valence-corrected chi connectivity index (χ1v) is 14.8. The van der Waals surface area contributed by atoms with Crippen molar-refractivity contribution >= 4 is 32.7 Å². The van der Waals surface area contributed by atoms with Crippen molar-refractivity contribution in [1.82, 2.24) is 0 Å². The lowest BCUT2D eigenvalue weighted by Gasteiger charge is -2.11. The molecule has 0 atom stereocenters. The predicted octanol–water partition coefficient (Wildman–Crippen LogP) is 12.6. The smallest absolute Gasteiger partial charge is 0.0884 e. The first kappa shape index (κ1) is 35.8. The van der Waals surface area contributed by atoms with Gasteiger partial charge in [-0.2, -0.15) is 0 Å². The van der Waals surface area contributed by atoms with E-state index in [2.05, 4.69) is 94.9 Å². The number of aliphatic imine (C=N–C) groups is 1. The van der Waals surface area contributed by atoms with E-state index in [-0.39, 0.29) is 0 Å². The number of allylic oxidation sites excluding steroid dienone is 10. The first-order chi connectivity index (χ1) is 20.0. The average molecular weight is 574 g/mol. The highest BCUT2D eigenvalue weighted by atomic mass is 32.1. The molecule has 0 aliphatic carbocycles. The number of hydrogen-bond donors (Lipinski definition) is 0. The maximum atomic E-state index is 5.13. The lowest BCUT2D eigenvalue weighted by atomic mass is 10.0. The van der Waals surface area contributed by atoms with E-state index >= 15 is 0 Å². The Balaban J connectivity index is 0.000000618. The zero-order valence-corrected chi connectivity index (χ0v) is 27.3. The third kappa shape index (κ3) is 11.3. The molecule has 3 aromatic rings. The van der Waals surface area contributed by atoms with Crippen LogP contribution in [-0.4, -0.2) is 5.71 Å². The Morgan fingerprint density at radius 2 is 1.50 bits per heavy atom. The normalized spacial score (nSPS) is 11.6. The molecule has 0 spiro atoms. The highest BCUT2D eigenvalue weighted by molar-refractivity contribution is 7.21. The van der Waals surface area contributed by atoms with Crippen LogP contribution in [0.4, 0.5) is 0 Å². The highest BCUT2D eigenvalue weighted by Gasteiger charge is 2.17. The summed E-state index contributed by atoms with van der Waals surface area (Å²) in [5.41, 5.74) is 9.58. The monoisotopic (exact) mass is 573 g/mol. The molecule has 218 valence electrons. The molecular formula is C40H47NS. The van der Waals surface area contributed by atoms with Crippen LogP contribution < -0.4 is 0 Å². The minimum absolute atomic E-state index is 0.876. The van der Waals surface area contributed by atoms with Gasteiger partial charge in [0.25, 0.3) is 0 Å². The predicted molar refractivity (Wildman–Crippen MR) is 195 cm³/mol. The fraction of sp³-hybridized carbons (Fsp3) is 0.175. The lowest BCUT2D eigenvalue weighted by molar-refractivity contribution is 1.23. The second-order valence-corrected chi connectivity index (χ2v) is 11.0. The number of hydrogen-bond acceptors (Lipinski definition) is 2. The van der Waals surface area contributed by atoms with E-state index in [1.807, 2.05) is 71.1 Å². The molecule has 2 aromatic carbocycles. The molecule has 0 fully saturated rings. The van der Waals surface area contributed by atoms with Gasteiger partial charge in [-0.25, -0.2) is 4.99 Å².